The molecule has 3 N–H and O–H groups in total. The molecule has 2 amide bonds. The lowest BCUT2D eigenvalue weighted by Gasteiger charge is -2.38. The summed E-state index contributed by atoms with van der Waals surface area (Å²) in [6.07, 6.45) is 14.1. The van der Waals surface area contributed by atoms with E-state index in [1.54, 1.807) is 20.8 Å². The van der Waals surface area contributed by atoms with Crippen LogP contribution in [0.4, 0.5) is 4.79 Å². The molecule has 1 aromatic rings. The average Bonchev–Trinajstić information content (AvgIpc) is 3.01. The molecular formula is C42H72N2O7. The molecule has 0 aliphatic carbocycles. The van der Waals surface area contributed by atoms with Crippen molar-refractivity contribution < 1.29 is 33.7 Å². The number of nitrogens with one attached hydrogen (secondary N) is 2. The Hall–Kier alpha value is -2.97. The van der Waals surface area contributed by atoms with Crippen molar-refractivity contribution in [2.24, 2.45) is 17.8 Å². The molecule has 51 heavy (non-hydrogen) atoms. The van der Waals surface area contributed by atoms with Gasteiger partial charge in [0.05, 0.1) is 0 Å². The molecule has 0 bridgehead atoms. The number of alkyl carbamates (subject to hydrolysis) is 1. The fraction of sp³-hybridized carbons (Fsp3) is 0.786. The fourth-order valence-corrected chi connectivity index (χ4v) is 7.09. The highest BCUT2D eigenvalue weighted by Gasteiger charge is 2.34. The maximum absolute atomic E-state index is 12.8. The number of carbonyl (C=O) groups excluding carboxylic acids is 2. The second-order valence-electron chi connectivity index (χ2n) is 17.1. The average molecular weight is 717 g/mol. The van der Waals surface area contributed by atoms with Crippen molar-refractivity contribution in [3.63, 3.8) is 0 Å². The molecule has 0 spiro atoms. The number of carboxylic acids is 1. The number of amides is 2. The molecule has 0 saturated heterocycles. The first-order valence-corrected chi connectivity index (χ1v) is 19.7. The van der Waals surface area contributed by atoms with Gasteiger partial charge in [-0.1, -0.05) is 72.6 Å². The highest BCUT2D eigenvalue weighted by atomic mass is 16.6. The molecule has 2 rings (SSSR count). The van der Waals surface area contributed by atoms with Gasteiger partial charge in [0.2, 0.25) is 0 Å². The molecule has 1 aliphatic heterocycles. The van der Waals surface area contributed by atoms with E-state index in [0.717, 1.165) is 71.4 Å². The number of benzene rings is 1. The molecule has 0 aromatic heterocycles. The third-order valence-corrected chi connectivity index (χ3v) is 10.4. The molecule has 9 heteroatoms. The molecule has 0 fully saturated rings. The lowest BCUT2D eigenvalue weighted by molar-refractivity contribution is -0.142. The van der Waals surface area contributed by atoms with Gasteiger partial charge >= 0.3 is 12.1 Å². The molecule has 0 unspecified atom stereocenters. The second kappa shape index (κ2) is 20.9. The monoisotopic (exact) mass is 717 g/mol. The lowest BCUT2D eigenvalue weighted by atomic mass is 9.83. The number of fused-ring (bicyclic) bond motifs is 1. The van der Waals surface area contributed by atoms with E-state index >= 15 is 0 Å². The molecule has 1 heterocycles. The summed E-state index contributed by atoms with van der Waals surface area (Å²) in [5.74, 6) is 2.39. The van der Waals surface area contributed by atoms with Crippen molar-refractivity contribution in [2.45, 2.75) is 183 Å². The minimum atomic E-state index is -1.10. The maximum atomic E-state index is 12.8. The van der Waals surface area contributed by atoms with E-state index in [1.165, 1.54) is 44.9 Å². The van der Waals surface area contributed by atoms with Gasteiger partial charge in [-0.15, -0.1) is 0 Å². The van der Waals surface area contributed by atoms with Gasteiger partial charge in [-0.25, -0.2) is 9.59 Å². The zero-order chi connectivity index (χ0) is 38.4. The first kappa shape index (κ1) is 44.2. The van der Waals surface area contributed by atoms with Crippen LogP contribution in [-0.2, 0) is 20.7 Å². The molecule has 292 valence electrons. The van der Waals surface area contributed by atoms with Crippen LogP contribution in [0.15, 0.2) is 0 Å². The third kappa shape index (κ3) is 16.1. The van der Waals surface area contributed by atoms with Gasteiger partial charge in [0.1, 0.15) is 28.7 Å². The Balaban J connectivity index is 1.85. The number of unbranched alkanes of at least 4 members (excludes halogenated alkanes) is 1. The van der Waals surface area contributed by atoms with Gasteiger partial charge in [-0.2, -0.15) is 0 Å². The molecule has 1 aliphatic rings. The summed E-state index contributed by atoms with van der Waals surface area (Å²) in [5, 5.41) is 15.0. The fourth-order valence-electron chi connectivity index (χ4n) is 7.09. The van der Waals surface area contributed by atoms with Crippen LogP contribution >= 0.6 is 0 Å². The summed E-state index contributed by atoms with van der Waals surface area (Å²) >= 11 is 0. The van der Waals surface area contributed by atoms with Gasteiger partial charge in [0.15, 0.2) is 6.61 Å². The van der Waals surface area contributed by atoms with Crippen LogP contribution in [0.5, 0.6) is 11.5 Å². The normalized spacial score (nSPS) is 17.6. The van der Waals surface area contributed by atoms with Crippen LogP contribution < -0.4 is 20.1 Å². The van der Waals surface area contributed by atoms with Crippen molar-refractivity contribution in [1.29, 1.82) is 0 Å². The second-order valence-corrected chi connectivity index (χ2v) is 17.1. The number of hydrogen-bond donors (Lipinski definition) is 3. The van der Waals surface area contributed by atoms with Crippen LogP contribution in [0, 0.1) is 38.5 Å². The summed E-state index contributed by atoms with van der Waals surface area (Å²) in [7, 11) is 0. The number of carbonyl (C=O) groups is 3. The number of hydrogen-bond acceptors (Lipinski definition) is 6. The Morgan fingerprint density at radius 2 is 1.45 bits per heavy atom. The largest absolute Gasteiger partial charge is 0.487 e. The zero-order valence-electron chi connectivity index (χ0n) is 34.0. The Kier molecular flexibility index (Phi) is 18.1. The molecular weight excluding hydrogens is 644 g/mol. The van der Waals surface area contributed by atoms with Crippen LogP contribution in [0.25, 0.3) is 0 Å². The first-order chi connectivity index (χ1) is 23.8. The van der Waals surface area contributed by atoms with Crippen LogP contribution in [0.1, 0.15) is 161 Å². The van der Waals surface area contributed by atoms with E-state index < -0.39 is 29.6 Å². The van der Waals surface area contributed by atoms with E-state index in [-0.39, 0.29) is 18.6 Å². The van der Waals surface area contributed by atoms with Gasteiger partial charge in [0.25, 0.3) is 5.91 Å². The summed E-state index contributed by atoms with van der Waals surface area (Å²) in [5.41, 5.74) is 3.27. The highest BCUT2D eigenvalue weighted by molar-refractivity contribution is 5.84. The predicted molar refractivity (Wildman–Crippen MR) is 206 cm³/mol. The van der Waals surface area contributed by atoms with Crippen LogP contribution in [0.2, 0.25) is 0 Å². The number of ether oxygens (including phenoxy) is 3. The summed E-state index contributed by atoms with van der Waals surface area (Å²) in [6, 6.07) is -1.04. The maximum Gasteiger partial charge on any atom is 0.407 e. The minimum absolute atomic E-state index is 0.207. The number of aliphatic carboxylic acids is 1. The highest BCUT2D eigenvalue weighted by Crippen LogP contribution is 2.45. The summed E-state index contributed by atoms with van der Waals surface area (Å²) in [4.78, 5) is 36.5. The van der Waals surface area contributed by atoms with Gasteiger partial charge in [0, 0.05) is 12.1 Å². The summed E-state index contributed by atoms with van der Waals surface area (Å²) in [6.45, 7) is 23.2. The molecule has 0 saturated carbocycles. The molecule has 4 atom stereocenters. The molecule has 0 radical (unpaired) electrons. The van der Waals surface area contributed by atoms with E-state index in [9.17, 15) is 19.5 Å². The smallest absolute Gasteiger partial charge is 0.407 e. The van der Waals surface area contributed by atoms with Gasteiger partial charge in [-0.3, -0.25) is 4.79 Å². The van der Waals surface area contributed by atoms with Crippen LogP contribution in [-0.4, -0.2) is 53.5 Å². The topological polar surface area (TPSA) is 123 Å². The van der Waals surface area contributed by atoms with E-state index in [2.05, 4.69) is 52.2 Å². The van der Waals surface area contributed by atoms with Crippen molar-refractivity contribution in [2.75, 3.05) is 13.2 Å². The van der Waals surface area contributed by atoms with Crippen molar-refractivity contribution >= 4 is 18.0 Å². The Labute approximate surface area is 309 Å². The van der Waals surface area contributed by atoms with Gasteiger partial charge in [-0.05, 0) is 128 Å². The van der Waals surface area contributed by atoms with Gasteiger partial charge < -0.3 is 30.0 Å². The number of rotatable bonds is 22. The van der Waals surface area contributed by atoms with Crippen molar-refractivity contribution in [3.05, 3.63) is 22.3 Å². The zero-order valence-corrected chi connectivity index (χ0v) is 34.0. The lowest BCUT2D eigenvalue weighted by Crippen LogP contribution is -2.43. The minimum Gasteiger partial charge on any atom is -0.487 e. The SMILES string of the molecule is Cc1c(C)c2c(c(C)c1OCC(=O)N[C@@H](CCCCNC(=O)OC(C)(C)C)C(=O)O)CC[C@@](C)(CCC[C@H](C)CCC[C@H](C)CCCC(C)C)O2. The third-order valence-electron chi connectivity index (χ3n) is 10.4. The Morgan fingerprint density at radius 1 is 0.843 bits per heavy atom. The first-order valence-electron chi connectivity index (χ1n) is 19.7. The predicted octanol–water partition coefficient (Wildman–Crippen LogP) is 9.78. The Morgan fingerprint density at radius 3 is 2.04 bits per heavy atom. The standard InChI is InChI=1S/C42H72N2O7/c1-28(2)17-14-18-29(3)19-15-20-30(4)21-16-24-42(11)25-23-34-33(7)37(31(5)32(6)38(34)50-42)49-27-36(45)44-35(39(46)47)22-12-13-26-43-40(48)51-41(8,9)10/h28-30,35H,12-27H2,1-11H3,(H,43,48)(H,44,45)(H,46,47)/t29-,30-,35+,42-/m1/s1. The summed E-state index contributed by atoms with van der Waals surface area (Å²) < 4.78 is 18.1. The van der Waals surface area contributed by atoms with Crippen LogP contribution in [0.3, 0.4) is 0 Å². The van der Waals surface area contributed by atoms with Crippen molar-refractivity contribution in [1.82, 2.24) is 10.6 Å². The molecule has 9 nitrogen and oxygen atoms in total. The van der Waals surface area contributed by atoms with E-state index in [4.69, 9.17) is 14.2 Å². The quantitative estimate of drug-likeness (QED) is 0.102. The van der Waals surface area contributed by atoms with Crippen molar-refractivity contribution in [3.8, 4) is 11.5 Å². The van der Waals surface area contributed by atoms with E-state index in [1.807, 2.05) is 13.8 Å². The van der Waals surface area contributed by atoms with E-state index in [0.29, 0.717) is 25.1 Å². The Bertz CT molecular complexity index is 1270. The molecule has 1 aromatic carbocycles. The number of carboxylic acid groups (broad SMARTS) is 1.